The van der Waals surface area contributed by atoms with Crippen molar-refractivity contribution in [2.45, 2.75) is 0 Å². The standard InChI is InChI=1S/C9H11NO4S/c1-10(15(12,13)14)7-9(11)8-5-3-2-4-6-8/h2-6H,7H2,1H3,(H,12,13,14). The van der Waals surface area contributed by atoms with Crippen molar-refractivity contribution in [2.24, 2.45) is 0 Å². The van der Waals surface area contributed by atoms with Gasteiger partial charge >= 0.3 is 10.3 Å². The molecule has 1 aromatic rings. The third-order valence-electron chi connectivity index (χ3n) is 1.86. The number of nitrogens with zero attached hydrogens (tertiary/aromatic N) is 1. The molecule has 15 heavy (non-hydrogen) atoms. The molecule has 1 rings (SSSR count). The monoisotopic (exact) mass is 229 g/mol. The minimum atomic E-state index is -4.29. The lowest BCUT2D eigenvalue weighted by molar-refractivity contribution is 0.0970. The zero-order valence-electron chi connectivity index (χ0n) is 8.12. The van der Waals surface area contributed by atoms with Crippen LogP contribution in [0.2, 0.25) is 0 Å². The highest BCUT2D eigenvalue weighted by Gasteiger charge is 2.17. The van der Waals surface area contributed by atoms with Gasteiger partial charge in [0.1, 0.15) is 0 Å². The summed E-state index contributed by atoms with van der Waals surface area (Å²) >= 11 is 0. The van der Waals surface area contributed by atoms with E-state index in [4.69, 9.17) is 4.55 Å². The number of rotatable bonds is 4. The lowest BCUT2D eigenvalue weighted by Gasteiger charge is -2.10. The molecule has 0 amide bonds. The highest BCUT2D eigenvalue weighted by Crippen LogP contribution is 2.02. The van der Waals surface area contributed by atoms with E-state index in [0.29, 0.717) is 9.87 Å². The van der Waals surface area contributed by atoms with E-state index in [0.717, 1.165) is 7.05 Å². The van der Waals surface area contributed by atoms with Gasteiger partial charge in [-0.1, -0.05) is 30.3 Å². The number of hydrogen-bond donors (Lipinski definition) is 1. The summed E-state index contributed by atoms with van der Waals surface area (Å²) in [5.41, 5.74) is 0.410. The largest absolute Gasteiger partial charge is 0.336 e. The van der Waals surface area contributed by atoms with Crippen LogP contribution < -0.4 is 0 Å². The van der Waals surface area contributed by atoms with Crippen LogP contribution in [0, 0.1) is 0 Å². The molecule has 0 atom stereocenters. The summed E-state index contributed by atoms with van der Waals surface area (Å²) in [6.07, 6.45) is 0. The average Bonchev–Trinajstić information content (AvgIpc) is 2.17. The SMILES string of the molecule is CN(CC(=O)c1ccccc1)S(=O)(=O)O. The van der Waals surface area contributed by atoms with E-state index in [9.17, 15) is 13.2 Å². The van der Waals surface area contributed by atoms with Crippen LogP contribution in [-0.4, -0.2) is 36.7 Å². The van der Waals surface area contributed by atoms with Crippen LogP contribution in [-0.2, 0) is 10.3 Å². The molecule has 0 aromatic heterocycles. The first-order valence-corrected chi connectivity index (χ1v) is 5.58. The first kappa shape index (κ1) is 11.8. The molecule has 6 heteroatoms. The Kier molecular flexibility index (Phi) is 3.57. The summed E-state index contributed by atoms with van der Waals surface area (Å²) < 4.78 is 30.5. The first-order chi connectivity index (χ1) is 6.91. The van der Waals surface area contributed by atoms with Gasteiger partial charge < -0.3 is 0 Å². The Balaban J connectivity index is 2.74. The van der Waals surface area contributed by atoms with Gasteiger partial charge in [-0.25, -0.2) is 0 Å². The minimum Gasteiger partial charge on any atom is -0.293 e. The molecule has 5 nitrogen and oxygen atoms in total. The molecule has 0 bridgehead atoms. The van der Waals surface area contributed by atoms with Crippen LogP contribution in [0.15, 0.2) is 30.3 Å². The molecule has 0 aliphatic heterocycles. The third-order valence-corrected chi connectivity index (χ3v) is 2.77. The van der Waals surface area contributed by atoms with Gasteiger partial charge in [0, 0.05) is 12.6 Å². The van der Waals surface area contributed by atoms with Crippen molar-refractivity contribution < 1.29 is 17.8 Å². The van der Waals surface area contributed by atoms with E-state index in [-0.39, 0.29) is 12.3 Å². The Bertz CT molecular complexity index is 440. The van der Waals surface area contributed by atoms with E-state index < -0.39 is 10.3 Å². The van der Waals surface area contributed by atoms with E-state index in [1.807, 2.05) is 0 Å². The Morgan fingerprint density at radius 2 is 1.87 bits per heavy atom. The number of likely N-dealkylation sites (N-methyl/N-ethyl adjacent to an activating group) is 1. The average molecular weight is 229 g/mol. The van der Waals surface area contributed by atoms with Crippen molar-refractivity contribution in [3.8, 4) is 0 Å². The van der Waals surface area contributed by atoms with Crippen LogP contribution in [0.3, 0.4) is 0 Å². The van der Waals surface area contributed by atoms with Crippen LogP contribution in [0.25, 0.3) is 0 Å². The molecule has 0 aliphatic carbocycles. The maximum atomic E-state index is 11.5. The predicted molar refractivity (Wildman–Crippen MR) is 55.0 cm³/mol. The fraction of sp³-hybridized carbons (Fsp3) is 0.222. The van der Waals surface area contributed by atoms with Crippen molar-refractivity contribution in [1.29, 1.82) is 0 Å². The van der Waals surface area contributed by atoms with Gasteiger partial charge in [-0.15, -0.1) is 0 Å². The second-order valence-corrected chi connectivity index (χ2v) is 4.54. The van der Waals surface area contributed by atoms with Gasteiger partial charge in [0.05, 0.1) is 6.54 Å². The summed E-state index contributed by atoms with van der Waals surface area (Å²) in [6, 6.07) is 8.28. The quantitative estimate of drug-likeness (QED) is 0.606. The van der Waals surface area contributed by atoms with Crippen LogP contribution in [0.4, 0.5) is 0 Å². The maximum absolute atomic E-state index is 11.5. The molecule has 0 fully saturated rings. The van der Waals surface area contributed by atoms with Crippen molar-refractivity contribution >= 4 is 16.1 Å². The zero-order chi connectivity index (χ0) is 11.5. The summed E-state index contributed by atoms with van der Waals surface area (Å²) in [7, 11) is -3.16. The van der Waals surface area contributed by atoms with Gasteiger partial charge in [0.15, 0.2) is 5.78 Å². The van der Waals surface area contributed by atoms with E-state index in [1.54, 1.807) is 30.3 Å². The van der Waals surface area contributed by atoms with Gasteiger partial charge in [-0.05, 0) is 0 Å². The molecule has 0 unspecified atom stereocenters. The normalized spacial score (nSPS) is 11.7. The molecular weight excluding hydrogens is 218 g/mol. The van der Waals surface area contributed by atoms with E-state index in [2.05, 4.69) is 0 Å². The lowest BCUT2D eigenvalue weighted by atomic mass is 10.1. The van der Waals surface area contributed by atoms with Crippen LogP contribution in [0.1, 0.15) is 10.4 Å². The number of benzene rings is 1. The number of carbonyl (C=O) groups is 1. The van der Waals surface area contributed by atoms with Crippen molar-refractivity contribution in [1.82, 2.24) is 4.31 Å². The molecule has 0 aliphatic rings. The Morgan fingerprint density at radius 3 is 2.33 bits per heavy atom. The highest BCUT2D eigenvalue weighted by atomic mass is 32.2. The third kappa shape index (κ3) is 3.43. The van der Waals surface area contributed by atoms with Crippen molar-refractivity contribution in [3.05, 3.63) is 35.9 Å². The zero-order valence-corrected chi connectivity index (χ0v) is 8.94. The first-order valence-electron chi connectivity index (χ1n) is 4.18. The Labute approximate surface area is 88.2 Å². The fourth-order valence-electron chi connectivity index (χ4n) is 0.999. The summed E-state index contributed by atoms with van der Waals surface area (Å²) in [5, 5.41) is 0. The summed E-state index contributed by atoms with van der Waals surface area (Å²) in [6.45, 7) is -0.372. The number of ketones is 1. The van der Waals surface area contributed by atoms with E-state index >= 15 is 0 Å². The molecule has 0 radical (unpaired) electrons. The number of Topliss-reactive ketones (excluding diaryl/α,β-unsaturated/α-hetero) is 1. The van der Waals surface area contributed by atoms with Crippen molar-refractivity contribution in [3.63, 3.8) is 0 Å². The Morgan fingerprint density at radius 1 is 1.33 bits per heavy atom. The Hall–Kier alpha value is -1.24. The van der Waals surface area contributed by atoms with E-state index in [1.165, 1.54) is 0 Å². The molecule has 0 spiro atoms. The topological polar surface area (TPSA) is 74.7 Å². The second-order valence-electron chi connectivity index (χ2n) is 3.02. The van der Waals surface area contributed by atoms with Gasteiger partial charge in [-0.3, -0.25) is 9.35 Å². The van der Waals surface area contributed by atoms with Gasteiger partial charge in [0.2, 0.25) is 0 Å². The molecular formula is C9H11NO4S. The van der Waals surface area contributed by atoms with Crippen LogP contribution in [0.5, 0.6) is 0 Å². The summed E-state index contributed by atoms with van der Waals surface area (Å²) in [4.78, 5) is 11.5. The van der Waals surface area contributed by atoms with Crippen molar-refractivity contribution in [2.75, 3.05) is 13.6 Å². The van der Waals surface area contributed by atoms with Gasteiger partial charge in [0.25, 0.3) is 0 Å². The molecule has 0 saturated heterocycles. The molecule has 0 heterocycles. The molecule has 1 N–H and O–H groups in total. The lowest BCUT2D eigenvalue weighted by Crippen LogP contribution is -2.31. The van der Waals surface area contributed by atoms with Crippen LogP contribution >= 0.6 is 0 Å². The predicted octanol–water partition coefficient (Wildman–Crippen LogP) is 0.604. The molecule has 1 aromatic carbocycles. The molecule has 82 valence electrons. The number of carbonyl (C=O) groups excluding carboxylic acids is 1. The smallest absolute Gasteiger partial charge is 0.293 e. The maximum Gasteiger partial charge on any atom is 0.336 e. The second kappa shape index (κ2) is 4.52. The number of hydrogen-bond acceptors (Lipinski definition) is 3. The minimum absolute atomic E-state index is 0.365. The van der Waals surface area contributed by atoms with Gasteiger partial charge in [-0.2, -0.15) is 12.7 Å². The fourth-order valence-corrected chi connectivity index (χ4v) is 1.28. The molecule has 0 saturated carbocycles. The highest BCUT2D eigenvalue weighted by molar-refractivity contribution is 7.83. The summed E-state index contributed by atoms with van der Waals surface area (Å²) in [5.74, 6) is -0.365.